The summed E-state index contributed by atoms with van der Waals surface area (Å²) in [6.45, 7) is 6.98. The van der Waals surface area contributed by atoms with Crippen LogP contribution in [0.25, 0.3) is 0 Å². The van der Waals surface area contributed by atoms with E-state index in [0.717, 1.165) is 12.8 Å². The number of hydrogen-bond donors (Lipinski definition) is 2. The minimum atomic E-state index is -0.536. The van der Waals surface area contributed by atoms with E-state index in [1.54, 1.807) is 6.92 Å². The number of rotatable bonds is 10. The van der Waals surface area contributed by atoms with Crippen molar-refractivity contribution in [2.45, 2.75) is 58.3 Å². The van der Waals surface area contributed by atoms with Gasteiger partial charge in [0.05, 0.1) is 24.9 Å². The summed E-state index contributed by atoms with van der Waals surface area (Å²) < 4.78 is 11.0. The first kappa shape index (κ1) is 15.8. The molecule has 0 aliphatic rings. The van der Waals surface area contributed by atoms with E-state index in [9.17, 15) is 5.11 Å². The van der Waals surface area contributed by atoms with E-state index in [2.05, 4.69) is 0 Å². The Morgan fingerprint density at radius 2 is 1.62 bits per heavy atom. The van der Waals surface area contributed by atoms with Gasteiger partial charge in [0.2, 0.25) is 0 Å². The predicted octanol–water partition coefficient (Wildman–Crippen LogP) is 1.34. The Bertz CT molecular complexity index is 150. The van der Waals surface area contributed by atoms with Gasteiger partial charge in [-0.2, -0.15) is 0 Å². The summed E-state index contributed by atoms with van der Waals surface area (Å²) in [6, 6.07) is 0. The summed E-state index contributed by atoms with van der Waals surface area (Å²) in [4.78, 5) is 0. The first-order chi connectivity index (χ1) is 7.65. The molecule has 0 aromatic heterocycles. The Balaban J connectivity index is 4.01. The van der Waals surface area contributed by atoms with Crippen LogP contribution < -0.4 is 0 Å². The average molecular weight is 234 g/mol. The molecule has 0 fully saturated rings. The number of ether oxygens (including phenoxy) is 2. The van der Waals surface area contributed by atoms with E-state index in [-0.39, 0.29) is 18.8 Å². The first-order valence-electron chi connectivity index (χ1n) is 6.17. The third-order valence-electron chi connectivity index (χ3n) is 2.33. The molecule has 0 aliphatic carbocycles. The van der Waals surface area contributed by atoms with Gasteiger partial charge in [0.15, 0.2) is 0 Å². The standard InChI is InChI=1S/C12H26O4/c1-4-6-15-11(9-13)8-12(10(3)14)16-7-5-2/h10-14H,4-9H2,1-3H3. The Kier molecular flexibility index (Phi) is 9.92. The maximum absolute atomic E-state index is 9.55. The Hall–Kier alpha value is -0.160. The van der Waals surface area contributed by atoms with Crippen molar-refractivity contribution in [3.63, 3.8) is 0 Å². The van der Waals surface area contributed by atoms with Crippen LogP contribution in [0.4, 0.5) is 0 Å². The average Bonchev–Trinajstić information content (AvgIpc) is 2.28. The Morgan fingerprint density at radius 3 is 2.06 bits per heavy atom. The van der Waals surface area contributed by atoms with Gasteiger partial charge in [-0.05, 0) is 19.8 Å². The Labute approximate surface area is 98.6 Å². The molecule has 0 saturated heterocycles. The summed E-state index contributed by atoms with van der Waals surface area (Å²) in [5, 5.41) is 18.7. The lowest BCUT2D eigenvalue weighted by atomic mass is 10.1. The molecule has 0 saturated carbocycles. The van der Waals surface area contributed by atoms with Crippen LogP contribution in [0.5, 0.6) is 0 Å². The van der Waals surface area contributed by atoms with Crippen molar-refractivity contribution in [3.05, 3.63) is 0 Å². The third kappa shape index (κ3) is 7.17. The molecular weight excluding hydrogens is 208 g/mol. The van der Waals surface area contributed by atoms with Crippen molar-refractivity contribution >= 4 is 0 Å². The van der Waals surface area contributed by atoms with E-state index in [1.165, 1.54) is 0 Å². The summed E-state index contributed by atoms with van der Waals surface area (Å²) in [5.41, 5.74) is 0. The van der Waals surface area contributed by atoms with E-state index < -0.39 is 6.10 Å². The third-order valence-corrected chi connectivity index (χ3v) is 2.33. The molecule has 0 aliphatic heterocycles. The van der Waals surface area contributed by atoms with Crippen LogP contribution in [-0.4, -0.2) is 48.3 Å². The molecule has 0 rings (SSSR count). The van der Waals surface area contributed by atoms with Gasteiger partial charge in [0, 0.05) is 19.6 Å². The van der Waals surface area contributed by atoms with E-state index in [0.29, 0.717) is 19.6 Å². The van der Waals surface area contributed by atoms with E-state index in [4.69, 9.17) is 14.6 Å². The summed E-state index contributed by atoms with van der Waals surface area (Å²) in [7, 11) is 0. The fourth-order valence-electron chi connectivity index (χ4n) is 1.41. The van der Waals surface area contributed by atoms with Crippen LogP contribution in [0.2, 0.25) is 0 Å². The van der Waals surface area contributed by atoms with Crippen molar-refractivity contribution in [2.75, 3.05) is 19.8 Å². The molecule has 0 heterocycles. The molecule has 98 valence electrons. The second-order valence-corrected chi connectivity index (χ2v) is 4.06. The van der Waals surface area contributed by atoms with Gasteiger partial charge in [0.25, 0.3) is 0 Å². The molecule has 16 heavy (non-hydrogen) atoms. The fourth-order valence-corrected chi connectivity index (χ4v) is 1.41. The monoisotopic (exact) mass is 234 g/mol. The molecule has 0 spiro atoms. The van der Waals surface area contributed by atoms with E-state index >= 15 is 0 Å². The van der Waals surface area contributed by atoms with Crippen molar-refractivity contribution < 1.29 is 19.7 Å². The zero-order chi connectivity index (χ0) is 12.4. The van der Waals surface area contributed by atoms with Gasteiger partial charge < -0.3 is 19.7 Å². The second-order valence-electron chi connectivity index (χ2n) is 4.06. The minimum Gasteiger partial charge on any atom is -0.394 e. The quantitative estimate of drug-likeness (QED) is 0.599. The SMILES string of the molecule is CCCOC(CO)CC(OCCC)C(C)O. The molecule has 0 aromatic carbocycles. The maximum atomic E-state index is 9.55. The summed E-state index contributed by atoms with van der Waals surface area (Å²) in [6.07, 6.45) is 1.35. The van der Waals surface area contributed by atoms with Gasteiger partial charge in [-0.1, -0.05) is 13.8 Å². The van der Waals surface area contributed by atoms with Gasteiger partial charge in [0.1, 0.15) is 0 Å². The molecule has 0 bridgehead atoms. The largest absolute Gasteiger partial charge is 0.394 e. The highest BCUT2D eigenvalue weighted by atomic mass is 16.5. The van der Waals surface area contributed by atoms with Gasteiger partial charge in [-0.25, -0.2) is 0 Å². The highest BCUT2D eigenvalue weighted by Gasteiger charge is 2.21. The number of hydrogen-bond acceptors (Lipinski definition) is 4. The topological polar surface area (TPSA) is 58.9 Å². The van der Waals surface area contributed by atoms with Crippen LogP contribution in [0.3, 0.4) is 0 Å². The zero-order valence-corrected chi connectivity index (χ0v) is 10.7. The highest BCUT2D eigenvalue weighted by molar-refractivity contribution is 4.70. The Morgan fingerprint density at radius 1 is 1.06 bits per heavy atom. The van der Waals surface area contributed by atoms with Crippen molar-refractivity contribution in [1.82, 2.24) is 0 Å². The zero-order valence-electron chi connectivity index (χ0n) is 10.7. The second kappa shape index (κ2) is 10.0. The molecular formula is C12H26O4. The fraction of sp³-hybridized carbons (Fsp3) is 1.00. The van der Waals surface area contributed by atoms with Crippen molar-refractivity contribution in [1.29, 1.82) is 0 Å². The molecule has 0 aromatic rings. The first-order valence-corrected chi connectivity index (χ1v) is 6.17. The lowest BCUT2D eigenvalue weighted by Crippen LogP contribution is -2.33. The molecule has 4 nitrogen and oxygen atoms in total. The molecule has 4 heteroatoms. The van der Waals surface area contributed by atoms with Gasteiger partial charge >= 0.3 is 0 Å². The van der Waals surface area contributed by atoms with Crippen molar-refractivity contribution in [2.24, 2.45) is 0 Å². The number of aliphatic hydroxyl groups is 2. The highest BCUT2D eigenvalue weighted by Crippen LogP contribution is 2.11. The summed E-state index contributed by atoms with van der Waals surface area (Å²) in [5.74, 6) is 0. The predicted molar refractivity (Wildman–Crippen MR) is 63.4 cm³/mol. The lowest BCUT2D eigenvalue weighted by molar-refractivity contribution is -0.0761. The van der Waals surface area contributed by atoms with Crippen LogP contribution in [0, 0.1) is 0 Å². The van der Waals surface area contributed by atoms with E-state index in [1.807, 2.05) is 13.8 Å². The molecule has 3 atom stereocenters. The smallest absolute Gasteiger partial charge is 0.0856 e. The van der Waals surface area contributed by atoms with Crippen LogP contribution in [0.1, 0.15) is 40.0 Å². The van der Waals surface area contributed by atoms with Crippen LogP contribution in [-0.2, 0) is 9.47 Å². The molecule has 3 unspecified atom stereocenters. The van der Waals surface area contributed by atoms with Gasteiger partial charge in [-0.15, -0.1) is 0 Å². The molecule has 0 amide bonds. The number of aliphatic hydroxyl groups excluding tert-OH is 2. The molecule has 2 N–H and O–H groups in total. The van der Waals surface area contributed by atoms with Gasteiger partial charge in [-0.3, -0.25) is 0 Å². The normalized spacial score (nSPS) is 17.1. The lowest BCUT2D eigenvalue weighted by Gasteiger charge is -2.24. The maximum Gasteiger partial charge on any atom is 0.0856 e. The minimum absolute atomic E-state index is 0.0291. The molecule has 0 radical (unpaired) electrons. The van der Waals surface area contributed by atoms with Crippen molar-refractivity contribution in [3.8, 4) is 0 Å². The van der Waals surface area contributed by atoms with Crippen LogP contribution in [0.15, 0.2) is 0 Å². The van der Waals surface area contributed by atoms with Crippen LogP contribution >= 0.6 is 0 Å². The summed E-state index contributed by atoms with van der Waals surface area (Å²) >= 11 is 0.